The Morgan fingerprint density at radius 2 is 1.83 bits per heavy atom. The Morgan fingerprint density at radius 1 is 0.958 bits per heavy atom. The standard InChI is InChI=1S/C18H20N6/c19-16-7-6-15(11-20-16)12-23-8-9-24-17(21-22-18(24)13-23)10-14-4-2-1-3-5-14/h1-7,11H,8-10,12-13H2,(H2,19,20). The molecule has 122 valence electrons. The van der Waals surface area contributed by atoms with E-state index in [0.29, 0.717) is 5.82 Å². The van der Waals surface area contributed by atoms with Crippen LogP contribution in [-0.2, 0) is 26.1 Å². The van der Waals surface area contributed by atoms with E-state index in [9.17, 15) is 0 Å². The molecule has 24 heavy (non-hydrogen) atoms. The third-order valence-corrected chi connectivity index (χ3v) is 4.37. The second kappa shape index (κ2) is 6.41. The molecule has 0 bridgehead atoms. The minimum absolute atomic E-state index is 0.558. The van der Waals surface area contributed by atoms with Crippen molar-refractivity contribution in [3.8, 4) is 0 Å². The Kier molecular flexibility index (Phi) is 3.96. The highest BCUT2D eigenvalue weighted by Gasteiger charge is 2.21. The minimum atomic E-state index is 0.558. The van der Waals surface area contributed by atoms with Gasteiger partial charge in [0, 0.05) is 32.3 Å². The molecule has 2 N–H and O–H groups in total. The molecule has 4 rings (SSSR count). The molecule has 1 aliphatic rings. The van der Waals surface area contributed by atoms with Gasteiger partial charge in [0.2, 0.25) is 0 Å². The normalized spacial score (nSPS) is 14.5. The van der Waals surface area contributed by atoms with Crippen molar-refractivity contribution in [2.45, 2.75) is 26.1 Å². The molecule has 0 unspecified atom stereocenters. The molecule has 0 spiro atoms. The summed E-state index contributed by atoms with van der Waals surface area (Å²) in [7, 11) is 0. The first-order valence-corrected chi connectivity index (χ1v) is 8.15. The largest absolute Gasteiger partial charge is 0.384 e. The lowest BCUT2D eigenvalue weighted by Gasteiger charge is -2.27. The molecule has 0 aliphatic carbocycles. The number of pyridine rings is 1. The highest BCUT2D eigenvalue weighted by molar-refractivity contribution is 5.29. The molecule has 6 heteroatoms. The predicted octanol–water partition coefficient (Wildman–Crippen LogP) is 1.86. The monoisotopic (exact) mass is 320 g/mol. The fourth-order valence-corrected chi connectivity index (χ4v) is 3.10. The van der Waals surface area contributed by atoms with Crippen LogP contribution < -0.4 is 5.73 Å². The molecule has 0 amide bonds. The Labute approximate surface area is 141 Å². The molecule has 0 saturated heterocycles. The molecule has 1 aliphatic heterocycles. The quantitative estimate of drug-likeness (QED) is 0.794. The molecule has 3 aromatic rings. The number of anilines is 1. The second-order valence-electron chi connectivity index (χ2n) is 6.15. The van der Waals surface area contributed by atoms with Crippen molar-refractivity contribution in [3.05, 3.63) is 71.4 Å². The third-order valence-electron chi connectivity index (χ3n) is 4.37. The zero-order valence-corrected chi connectivity index (χ0v) is 13.5. The van der Waals surface area contributed by atoms with Gasteiger partial charge in [-0.2, -0.15) is 0 Å². The van der Waals surface area contributed by atoms with Gasteiger partial charge in [-0.25, -0.2) is 4.98 Å². The fraction of sp³-hybridized carbons (Fsp3) is 0.278. The predicted molar refractivity (Wildman–Crippen MR) is 92.0 cm³/mol. The highest BCUT2D eigenvalue weighted by atomic mass is 15.3. The second-order valence-corrected chi connectivity index (χ2v) is 6.15. The minimum Gasteiger partial charge on any atom is -0.384 e. The number of nitrogen functional groups attached to an aromatic ring is 1. The van der Waals surface area contributed by atoms with Gasteiger partial charge in [-0.15, -0.1) is 10.2 Å². The lowest BCUT2D eigenvalue weighted by molar-refractivity contribution is 0.207. The Balaban J connectivity index is 1.45. The topological polar surface area (TPSA) is 72.9 Å². The molecule has 1 aromatic carbocycles. The third kappa shape index (κ3) is 3.14. The smallest absolute Gasteiger partial charge is 0.147 e. The maximum Gasteiger partial charge on any atom is 0.147 e. The average Bonchev–Trinajstić information content (AvgIpc) is 3.00. The summed E-state index contributed by atoms with van der Waals surface area (Å²) in [5.41, 5.74) is 8.08. The van der Waals surface area contributed by atoms with Gasteiger partial charge in [0.25, 0.3) is 0 Å². The van der Waals surface area contributed by atoms with Crippen LogP contribution in [0.3, 0.4) is 0 Å². The average molecular weight is 320 g/mol. The van der Waals surface area contributed by atoms with Crippen LogP contribution in [-0.4, -0.2) is 31.2 Å². The van der Waals surface area contributed by atoms with Gasteiger partial charge in [-0.1, -0.05) is 36.4 Å². The molecule has 0 fully saturated rings. The highest BCUT2D eigenvalue weighted by Crippen LogP contribution is 2.17. The Hall–Kier alpha value is -2.73. The molecular weight excluding hydrogens is 300 g/mol. The maximum atomic E-state index is 5.64. The number of benzene rings is 1. The number of hydrogen-bond donors (Lipinski definition) is 1. The molecular formula is C18H20N6. The van der Waals surface area contributed by atoms with Crippen molar-refractivity contribution in [1.82, 2.24) is 24.6 Å². The van der Waals surface area contributed by atoms with E-state index in [-0.39, 0.29) is 0 Å². The summed E-state index contributed by atoms with van der Waals surface area (Å²) in [5, 5.41) is 8.80. The number of hydrogen-bond acceptors (Lipinski definition) is 5. The van der Waals surface area contributed by atoms with Crippen LogP contribution in [0.1, 0.15) is 22.8 Å². The molecule has 0 radical (unpaired) electrons. The number of fused-ring (bicyclic) bond motifs is 1. The van der Waals surface area contributed by atoms with Crippen LogP contribution in [0.15, 0.2) is 48.7 Å². The molecule has 0 saturated carbocycles. The van der Waals surface area contributed by atoms with E-state index in [2.05, 4.69) is 48.9 Å². The SMILES string of the molecule is Nc1ccc(CN2CCn3c(Cc4ccccc4)nnc3C2)cn1. The van der Waals surface area contributed by atoms with E-state index in [1.54, 1.807) is 0 Å². The zero-order chi connectivity index (χ0) is 16.4. The summed E-state index contributed by atoms with van der Waals surface area (Å²) in [6.07, 6.45) is 2.67. The van der Waals surface area contributed by atoms with Crippen LogP contribution in [0.4, 0.5) is 5.82 Å². The van der Waals surface area contributed by atoms with Crippen molar-refractivity contribution in [2.75, 3.05) is 12.3 Å². The number of nitrogens with two attached hydrogens (primary N) is 1. The maximum absolute atomic E-state index is 5.64. The van der Waals surface area contributed by atoms with Crippen molar-refractivity contribution in [3.63, 3.8) is 0 Å². The summed E-state index contributed by atoms with van der Waals surface area (Å²) >= 11 is 0. The van der Waals surface area contributed by atoms with Crippen molar-refractivity contribution in [2.24, 2.45) is 0 Å². The number of nitrogens with zero attached hydrogens (tertiary/aromatic N) is 5. The number of aromatic nitrogens is 4. The van der Waals surface area contributed by atoms with Crippen LogP contribution in [0.2, 0.25) is 0 Å². The molecule has 2 aromatic heterocycles. The molecule has 6 nitrogen and oxygen atoms in total. The van der Waals surface area contributed by atoms with Gasteiger partial charge in [-0.05, 0) is 17.2 Å². The molecule has 3 heterocycles. The van der Waals surface area contributed by atoms with Crippen LogP contribution in [0.25, 0.3) is 0 Å². The number of rotatable bonds is 4. The summed E-state index contributed by atoms with van der Waals surface area (Å²) in [6, 6.07) is 14.3. The van der Waals surface area contributed by atoms with Gasteiger partial charge in [0.15, 0.2) is 0 Å². The first-order valence-electron chi connectivity index (χ1n) is 8.15. The van der Waals surface area contributed by atoms with E-state index in [0.717, 1.165) is 44.2 Å². The lowest BCUT2D eigenvalue weighted by Crippen LogP contribution is -2.34. The van der Waals surface area contributed by atoms with Gasteiger partial charge < -0.3 is 10.3 Å². The van der Waals surface area contributed by atoms with E-state index in [1.807, 2.05) is 24.4 Å². The lowest BCUT2D eigenvalue weighted by atomic mass is 10.1. The van der Waals surface area contributed by atoms with Crippen LogP contribution in [0, 0.1) is 0 Å². The molecule has 0 atom stereocenters. The van der Waals surface area contributed by atoms with Gasteiger partial charge in [-0.3, -0.25) is 4.90 Å². The van der Waals surface area contributed by atoms with Gasteiger partial charge >= 0.3 is 0 Å². The van der Waals surface area contributed by atoms with Crippen molar-refractivity contribution < 1.29 is 0 Å². The summed E-state index contributed by atoms with van der Waals surface area (Å²) in [6.45, 7) is 3.57. The van der Waals surface area contributed by atoms with E-state index in [4.69, 9.17) is 5.73 Å². The van der Waals surface area contributed by atoms with Gasteiger partial charge in [0.05, 0.1) is 6.54 Å². The summed E-state index contributed by atoms with van der Waals surface area (Å²) in [4.78, 5) is 6.52. The zero-order valence-electron chi connectivity index (χ0n) is 13.5. The first kappa shape index (κ1) is 14.8. The van der Waals surface area contributed by atoms with Crippen molar-refractivity contribution >= 4 is 5.82 Å². The summed E-state index contributed by atoms with van der Waals surface area (Å²) < 4.78 is 2.25. The fourth-order valence-electron chi connectivity index (χ4n) is 3.10. The van der Waals surface area contributed by atoms with E-state index >= 15 is 0 Å². The van der Waals surface area contributed by atoms with Crippen LogP contribution >= 0.6 is 0 Å². The van der Waals surface area contributed by atoms with Crippen molar-refractivity contribution in [1.29, 1.82) is 0 Å². The van der Waals surface area contributed by atoms with Gasteiger partial charge in [0.1, 0.15) is 17.5 Å². The van der Waals surface area contributed by atoms with E-state index < -0.39 is 0 Å². The Bertz CT molecular complexity index is 809. The van der Waals surface area contributed by atoms with Crippen LogP contribution in [0.5, 0.6) is 0 Å². The van der Waals surface area contributed by atoms with E-state index in [1.165, 1.54) is 11.1 Å². The first-order chi connectivity index (χ1) is 11.8. The Morgan fingerprint density at radius 3 is 2.62 bits per heavy atom. The summed E-state index contributed by atoms with van der Waals surface area (Å²) in [5.74, 6) is 2.64.